The zero-order valence-electron chi connectivity index (χ0n) is 22.4. The van der Waals surface area contributed by atoms with Crippen LogP contribution in [-0.4, -0.2) is 44.8 Å². The Balaban J connectivity index is 1.66. The van der Waals surface area contributed by atoms with Crippen molar-refractivity contribution in [1.29, 1.82) is 0 Å². The standard InChI is InChI=1S/C30H31NO8/c1-5-36-29(33)24-16(3)31-21-14-20(17-7-10-19(35-4)11-8-17)26(30(34)37-6-2)28(32)27(21)25(24)18-9-12-22-23(13-18)39-15-38-22/h7-13,20,25-26,31H,5-6,14-15H2,1-4H3/t20-,25+,26-/m0/s1. The van der Waals surface area contributed by atoms with Crippen molar-refractivity contribution in [3.8, 4) is 17.2 Å². The Hall–Kier alpha value is -4.27. The summed E-state index contributed by atoms with van der Waals surface area (Å²) >= 11 is 0. The highest BCUT2D eigenvalue weighted by molar-refractivity contribution is 6.13. The van der Waals surface area contributed by atoms with Gasteiger partial charge in [0.05, 0.1) is 25.9 Å². The second-order valence-electron chi connectivity index (χ2n) is 9.50. The van der Waals surface area contributed by atoms with Gasteiger partial charge in [0.25, 0.3) is 0 Å². The smallest absolute Gasteiger partial charge is 0.336 e. The summed E-state index contributed by atoms with van der Waals surface area (Å²) in [6.45, 7) is 5.63. The molecule has 9 nitrogen and oxygen atoms in total. The number of hydrogen-bond donors (Lipinski definition) is 1. The molecule has 0 bridgehead atoms. The number of allylic oxidation sites excluding steroid dienone is 3. The molecule has 9 heteroatoms. The van der Waals surface area contributed by atoms with Crippen LogP contribution in [0, 0.1) is 5.92 Å². The third-order valence-corrected chi connectivity index (χ3v) is 7.33. The number of nitrogens with one attached hydrogen (secondary N) is 1. The van der Waals surface area contributed by atoms with Gasteiger partial charge in [-0.05, 0) is 62.6 Å². The Morgan fingerprint density at radius 2 is 1.67 bits per heavy atom. The van der Waals surface area contributed by atoms with Crippen LogP contribution < -0.4 is 19.5 Å². The third kappa shape index (κ3) is 4.73. The Labute approximate surface area is 226 Å². The zero-order chi connectivity index (χ0) is 27.7. The molecule has 1 N–H and O–H groups in total. The molecule has 2 aromatic carbocycles. The molecule has 5 rings (SSSR count). The molecule has 2 aromatic rings. The Kier molecular flexibility index (Phi) is 7.32. The number of ketones is 1. The number of methoxy groups -OCH3 is 1. The summed E-state index contributed by atoms with van der Waals surface area (Å²) < 4.78 is 27.2. The van der Waals surface area contributed by atoms with E-state index in [9.17, 15) is 14.4 Å². The Morgan fingerprint density at radius 3 is 2.36 bits per heavy atom. The van der Waals surface area contributed by atoms with E-state index in [0.717, 1.165) is 5.56 Å². The van der Waals surface area contributed by atoms with Crippen molar-refractivity contribution in [3.05, 3.63) is 76.1 Å². The molecule has 1 aliphatic carbocycles. The van der Waals surface area contributed by atoms with E-state index in [1.165, 1.54) is 0 Å². The number of esters is 2. The fourth-order valence-corrected chi connectivity index (χ4v) is 5.61. The molecule has 0 fully saturated rings. The molecule has 3 aliphatic rings. The van der Waals surface area contributed by atoms with Gasteiger partial charge in [0.2, 0.25) is 6.79 Å². The van der Waals surface area contributed by atoms with Crippen molar-refractivity contribution < 1.29 is 38.1 Å². The number of benzene rings is 2. The van der Waals surface area contributed by atoms with Crippen molar-refractivity contribution in [3.63, 3.8) is 0 Å². The van der Waals surface area contributed by atoms with Gasteiger partial charge in [0.1, 0.15) is 11.7 Å². The Bertz CT molecular complexity index is 1370. The average molecular weight is 534 g/mol. The lowest BCUT2D eigenvalue weighted by molar-refractivity contribution is -0.152. The van der Waals surface area contributed by atoms with Crippen LogP contribution in [-0.2, 0) is 23.9 Å². The molecule has 0 saturated carbocycles. The summed E-state index contributed by atoms with van der Waals surface area (Å²) in [7, 11) is 1.58. The quantitative estimate of drug-likeness (QED) is 0.415. The predicted molar refractivity (Wildman–Crippen MR) is 140 cm³/mol. The molecule has 0 unspecified atom stereocenters. The number of dihydropyridines is 1. The van der Waals surface area contributed by atoms with Crippen LogP contribution in [0.1, 0.15) is 50.2 Å². The highest BCUT2D eigenvalue weighted by Gasteiger charge is 2.49. The second-order valence-corrected chi connectivity index (χ2v) is 9.50. The first-order chi connectivity index (χ1) is 18.9. The fourth-order valence-electron chi connectivity index (χ4n) is 5.61. The maximum Gasteiger partial charge on any atom is 0.336 e. The van der Waals surface area contributed by atoms with E-state index in [1.807, 2.05) is 18.2 Å². The maximum atomic E-state index is 14.4. The molecular weight excluding hydrogens is 502 g/mol. The van der Waals surface area contributed by atoms with Gasteiger partial charge < -0.3 is 29.0 Å². The van der Waals surface area contributed by atoms with Crippen molar-refractivity contribution in [2.45, 2.75) is 39.0 Å². The van der Waals surface area contributed by atoms with E-state index in [2.05, 4.69) is 5.32 Å². The van der Waals surface area contributed by atoms with Gasteiger partial charge in [0.15, 0.2) is 17.3 Å². The number of carbonyl (C=O) groups excluding carboxylic acids is 3. The summed E-state index contributed by atoms with van der Waals surface area (Å²) in [4.78, 5) is 41.0. The molecular formula is C30H31NO8. The highest BCUT2D eigenvalue weighted by atomic mass is 16.7. The minimum absolute atomic E-state index is 0.0892. The van der Waals surface area contributed by atoms with Gasteiger partial charge >= 0.3 is 11.9 Å². The van der Waals surface area contributed by atoms with Gasteiger partial charge in [-0.2, -0.15) is 0 Å². The molecule has 2 aliphatic heterocycles. The molecule has 3 atom stereocenters. The van der Waals surface area contributed by atoms with Gasteiger partial charge in [-0.3, -0.25) is 9.59 Å². The number of fused-ring (bicyclic) bond motifs is 1. The largest absolute Gasteiger partial charge is 0.497 e. The van der Waals surface area contributed by atoms with Crippen molar-refractivity contribution in [2.75, 3.05) is 27.1 Å². The fraction of sp³-hybridized carbons (Fsp3) is 0.367. The van der Waals surface area contributed by atoms with Gasteiger partial charge in [-0.1, -0.05) is 18.2 Å². The van der Waals surface area contributed by atoms with E-state index in [1.54, 1.807) is 52.1 Å². The van der Waals surface area contributed by atoms with Gasteiger partial charge in [-0.15, -0.1) is 0 Å². The molecule has 204 valence electrons. The van der Waals surface area contributed by atoms with Crippen LogP contribution in [0.25, 0.3) is 0 Å². The maximum absolute atomic E-state index is 14.4. The Morgan fingerprint density at radius 1 is 0.974 bits per heavy atom. The number of Topliss-reactive ketones (excluding diaryl/α,β-unsaturated/α-hetero) is 1. The van der Waals surface area contributed by atoms with E-state index in [4.69, 9.17) is 23.7 Å². The zero-order valence-corrected chi connectivity index (χ0v) is 22.4. The summed E-state index contributed by atoms with van der Waals surface area (Å²) in [5.74, 6) is -2.06. The van der Waals surface area contributed by atoms with E-state index in [0.29, 0.717) is 51.8 Å². The molecule has 0 aromatic heterocycles. The third-order valence-electron chi connectivity index (χ3n) is 7.33. The van der Waals surface area contributed by atoms with Crippen molar-refractivity contribution in [1.82, 2.24) is 5.32 Å². The van der Waals surface area contributed by atoms with Crippen molar-refractivity contribution in [2.24, 2.45) is 5.92 Å². The number of hydrogen-bond acceptors (Lipinski definition) is 9. The van der Waals surface area contributed by atoms with E-state index in [-0.39, 0.29) is 25.8 Å². The normalized spacial score (nSPS) is 21.7. The van der Waals surface area contributed by atoms with Crippen molar-refractivity contribution >= 4 is 17.7 Å². The second kappa shape index (κ2) is 10.8. The SMILES string of the molecule is CCOC(=O)C1=C(C)NC2=C(C(=O)[C@@H](C(=O)OCC)[C@H](c3ccc(OC)cc3)C2)[C@@H]1c1ccc2c(c1)OCO2. The average Bonchev–Trinajstić information content (AvgIpc) is 3.40. The van der Waals surface area contributed by atoms with Crippen LogP contribution >= 0.6 is 0 Å². The number of ether oxygens (including phenoxy) is 5. The molecule has 39 heavy (non-hydrogen) atoms. The molecule has 2 heterocycles. The first-order valence-corrected chi connectivity index (χ1v) is 13.0. The number of carbonyl (C=O) groups is 3. The van der Waals surface area contributed by atoms with E-state index < -0.39 is 29.7 Å². The minimum atomic E-state index is -1.09. The summed E-state index contributed by atoms with van der Waals surface area (Å²) in [5.41, 5.74) is 3.39. The lowest BCUT2D eigenvalue weighted by atomic mass is 9.67. The molecule has 0 spiro atoms. The summed E-state index contributed by atoms with van der Waals surface area (Å²) in [6.07, 6.45) is 0.366. The topological polar surface area (TPSA) is 109 Å². The van der Waals surface area contributed by atoms with Crippen LogP contribution in [0.15, 0.2) is 65.0 Å². The van der Waals surface area contributed by atoms with E-state index >= 15 is 0 Å². The van der Waals surface area contributed by atoms with Crippen LogP contribution in [0.3, 0.4) is 0 Å². The predicted octanol–water partition coefficient (Wildman–Crippen LogP) is 4.14. The highest BCUT2D eigenvalue weighted by Crippen LogP contribution is 2.49. The molecule has 0 radical (unpaired) electrons. The molecule has 0 amide bonds. The lowest BCUT2D eigenvalue weighted by Gasteiger charge is -2.39. The first-order valence-electron chi connectivity index (χ1n) is 13.0. The van der Waals surface area contributed by atoms with Gasteiger partial charge in [-0.25, -0.2) is 4.79 Å². The number of rotatable bonds is 7. The van der Waals surface area contributed by atoms with Gasteiger partial charge in [0, 0.05) is 28.8 Å². The summed E-state index contributed by atoms with van der Waals surface area (Å²) in [6, 6.07) is 12.7. The van der Waals surface area contributed by atoms with Crippen LogP contribution in [0.5, 0.6) is 17.2 Å². The monoisotopic (exact) mass is 533 g/mol. The molecule has 0 saturated heterocycles. The summed E-state index contributed by atoms with van der Waals surface area (Å²) in [5, 5.41) is 3.31. The lowest BCUT2D eigenvalue weighted by Crippen LogP contribution is -2.43. The first kappa shape index (κ1) is 26.3. The van der Waals surface area contributed by atoms with Crippen LogP contribution in [0.4, 0.5) is 0 Å². The van der Waals surface area contributed by atoms with Crippen LogP contribution in [0.2, 0.25) is 0 Å². The minimum Gasteiger partial charge on any atom is -0.497 e.